The van der Waals surface area contributed by atoms with Crippen LogP contribution in [0.15, 0.2) is 53.5 Å². The lowest BCUT2D eigenvalue weighted by atomic mass is 10.1. The van der Waals surface area contributed by atoms with Crippen LogP contribution >= 0.6 is 0 Å². The third kappa shape index (κ3) is 7.54. The van der Waals surface area contributed by atoms with Gasteiger partial charge in [-0.05, 0) is 68.5 Å². The van der Waals surface area contributed by atoms with Gasteiger partial charge in [-0.1, -0.05) is 18.2 Å². The molecule has 31 heavy (non-hydrogen) atoms. The summed E-state index contributed by atoms with van der Waals surface area (Å²) in [4.78, 5) is 4.60. The third-order valence-electron chi connectivity index (χ3n) is 4.97. The molecule has 168 valence electrons. The van der Waals surface area contributed by atoms with Crippen LogP contribution in [0.3, 0.4) is 0 Å². The Morgan fingerprint density at radius 1 is 1.19 bits per heavy atom. The molecule has 1 aliphatic rings. The predicted octanol–water partition coefficient (Wildman–Crippen LogP) is 3.65. The SMILES string of the molecule is CC(C)Oc1ccc(NC(=NCC2CCS(=O)(=O)C2)NCCc2ccccc2F)cc1. The first-order valence-corrected chi connectivity index (χ1v) is 12.4. The highest BCUT2D eigenvalue weighted by Crippen LogP contribution is 2.19. The number of ether oxygens (including phenoxy) is 1. The Labute approximate surface area is 183 Å². The van der Waals surface area contributed by atoms with Crippen molar-refractivity contribution >= 4 is 21.5 Å². The average molecular weight is 448 g/mol. The minimum absolute atomic E-state index is 0.0250. The molecule has 3 rings (SSSR count). The van der Waals surface area contributed by atoms with E-state index in [4.69, 9.17) is 4.74 Å². The molecule has 1 unspecified atom stereocenters. The van der Waals surface area contributed by atoms with Gasteiger partial charge in [0.25, 0.3) is 0 Å². The molecule has 6 nitrogen and oxygen atoms in total. The highest BCUT2D eigenvalue weighted by molar-refractivity contribution is 7.91. The van der Waals surface area contributed by atoms with Crippen LogP contribution in [0.25, 0.3) is 0 Å². The van der Waals surface area contributed by atoms with E-state index in [1.54, 1.807) is 12.1 Å². The second kappa shape index (κ2) is 10.6. The zero-order chi connectivity index (χ0) is 22.3. The van der Waals surface area contributed by atoms with Crippen molar-refractivity contribution in [2.75, 3.05) is 29.9 Å². The molecule has 0 saturated carbocycles. The Hall–Kier alpha value is -2.61. The van der Waals surface area contributed by atoms with Gasteiger partial charge in [0.1, 0.15) is 11.6 Å². The highest BCUT2D eigenvalue weighted by Gasteiger charge is 2.27. The van der Waals surface area contributed by atoms with Crippen LogP contribution < -0.4 is 15.4 Å². The fourth-order valence-electron chi connectivity index (χ4n) is 3.42. The molecule has 0 spiro atoms. The molecule has 0 radical (unpaired) electrons. The van der Waals surface area contributed by atoms with Crippen molar-refractivity contribution in [2.45, 2.75) is 32.8 Å². The second-order valence-electron chi connectivity index (χ2n) is 8.04. The lowest BCUT2D eigenvalue weighted by molar-refractivity contribution is 0.242. The van der Waals surface area contributed by atoms with E-state index in [0.717, 1.165) is 11.4 Å². The number of rotatable bonds is 8. The molecule has 0 aromatic heterocycles. The van der Waals surface area contributed by atoms with Crippen molar-refractivity contribution in [3.05, 3.63) is 59.9 Å². The van der Waals surface area contributed by atoms with E-state index in [1.807, 2.05) is 44.2 Å². The van der Waals surface area contributed by atoms with Gasteiger partial charge in [0.15, 0.2) is 15.8 Å². The van der Waals surface area contributed by atoms with Crippen molar-refractivity contribution in [3.8, 4) is 5.75 Å². The number of anilines is 1. The quantitative estimate of drug-likeness (QED) is 0.477. The monoisotopic (exact) mass is 447 g/mol. The topological polar surface area (TPSA) is 79.8 Å². The molecule has 8 heteroatoms. The van der Waals surface area contributed by atoms with Crippen LogP contribution in [0.4, 0.5) is 10.1 Å². The lowest BCUT2D eigenvalue weighted by Gasteiger charge is -2.15. The van der Waals surface area contributed by atoms with Crippen molar-refractivity contribution in [1.82, 2.24) is 5.32 Å². The number of guanidine groups is 1. The minimum atomic E-state index is -2.94. The van der Waals surface area contributed by atoms with Gasteiger partial charge in [0, 0.05) is 18.8 Å². The summed E-state index contributed by atoms with van der Waals surface area (Å²) in [5.74, 6) is 1.53. The van der Waals surface area contributed by atoms with Gasteiger partial charge >= 0.3 is 0 Å². The summed E-state index contributed by atoms with van der Waals surface area (Å²) >= 11 is 0. The molecule has 1 atom stereocenters. The van der Waals surface area contributed by atoms with Crippen LogP contribution in [0, 0.1) is 11.7 Å². The van der Waals surface area contributed by atoms with E-state index in [9.17, 15) is 12.8 Å². The maximum Gasteiger partial charge on any atom is 0.195 e. The Morgan fingerprint density at radius 2 is 1.94 bits per heavy atom. The minimum Gasteiger partial charge on any atom is -0.491 e. The van der Waals surface area contributed by atoms with Crippen molar-refractivity contribution in [2.24, 2.45) is 10.9 Å². The fourth-order valence-corrected chi connectivity index (χ4v) is 5.27. The van der Waals surface area contributed by atoms with E-state index in [-0.39, 0.29) is 29.3 Å². The molecule has 2 aromatic carbocycles. The molecule has 0 bridgehead atoms. The molecular formula is C23H30FN3O3S. The third-order valence-corrected chi connectivity index (χ3v) is 6.80. The van der Waals surface area contributed by atoms with Gasteiger partial charge in [-0.3, -0.25) is 4.99 Å². The molecule has 0 aliphatic carbocycles. The summed E-state index contributed by atoms with van der Waals surface area (Å²) in [5, 5.41) is 6.47. The zero-order valence-electron chi connectivity index (χ0n) is 18.0. The molecule has 0 amide bonds. The number of benzene rings is 2. The highest BCUT2D eigenvalue weighted by atomic mass is 32.2. The van der Waals surface area contributed by atoms with Gasteiger partial charge < -0.3 is 15.4 Å². The maximum atomic E-state index is 13.9. The Balaban J connectivity index is 1.64. The van der Waals surface area contributed by atoms with E-state index in [0.29, 0.717) is 37.5 Å². The average Bonchev–Trinajstić information content (AvgIpc) is 3.07. The van der Waals surface area contributed by atoms with Gasteiger partial charge in [-0.15, -0.1) is 0 Å². The predicted molar refractivity (Wildman–Crippen MR) is 123 cm³/mol. The van der Waals surface area contributed by atoms with Crippen molar-refractivity contribution in [3.63, 3.8) is 0 Å². The summed E-state index contributed by atoms with van der Waals surface area (Å²) in [6.45, 7) is 4.85. The Morgan fingerprint density at radius 3 is 2.58 bits per heavy atom. The van der Waals surface area contributed by atoms with Crippen molar-refractivity contribution < 1.29 is 17.5 Å². The number of halogens is 1. The molecule has 2 aromatic rings. The van der Waals surface area contributed by atoms with Crippen LogP contribution in [0.5, 0.6) is 5.75 Å². The maximum absolute atomic E-state index is 13.9. The zero-order valence-corrected chi connectivity index (χ0v) is 18.8. The number of nitrogens with zero attached hydrogens (tertiary/aromatic N) is 1. The summed E-state index contributed by atoms with van der Waals surface area (Å²) in [7, 11) is -2.94. The largest absolute Gasteiger partial charge is 0.491 e. The Kier molecular flexibility index (Phi) is 7.90. The normalized spacial score (nSPS) is 18.2. The molecule has 2 N–H and O–H groups in total. The number of nitrogens with one attached hydrogen (secondary N) is 2. The van der Waals surface area contributed by atoms with Crippen LogP contribution in [0.1, 0.15) is 25.8 Å². The van der Waals surface area contributed by atoms with E-state index in [1.165, 1.54) is 6.07 Å². The summed E-state index contributed by atoms with van der Waals surface area (Å²) in [6.07, 6.45) is 1.24. The summed E-state index contributed by atoms with van der Waals surface area (Å²) < 4.78 is 43.0. The van der Waals surface area contributed by atoms with E-state index >= 15 is 0 Å². The molecular weight excluding hydrogens is 417 g/mol. The first kappa shape index (κ1) is 23.1. The fraction of sp³-hybridized carbons (Fsp3) is 0.435. The van der Waals surface area contributed by atoms with E-state index < -0.39 is 9.84 Å². The molecule has 1 heterocycles. The van der Waals surface area contributed by atoms with Gasteiger partial charge in [0.05, 0.1) is 17.6 Å². The summed E-state index contributed by atoms with van der Waals surface area (Å²) in [6, 6.07) is 14.2. The Bertz CT molecular complexity index is 991. The van der Waals surface area contributed by atoms with Gasteiger partial charge in [0.2, 0.25) is 0 Å². The van der Waals surface area contributed by atoms with Crippen LogP contribution in [-0.2, 0) is 16.3 Å². The first-order valence-electron chi connectivity index (χ1n) is 10.6. The molecule has 1 saturated heterocycles. The standard InChI is InChI=1S/C23H30FN3O3S/c1-17(2)30-21-9-7-20(8-10-21)27-23(26-15-18-12-14-31(28,29)16-18)25-13-11-19-5-3-4-6-22(19)24/h3-10,17-18H,11-16H2,1-2H3,(H2,25,26,27). The number of hydrogen-bond acceptors (Lipinski definition) is 4. The first-order chi connectivity index (χ1) is 14.8. The lowest BCUT2D eigenvalue weighted by Crippen LogP contribution is -2.33. The van der Waals surface area contributed by atoms with E-state index in [2.05, 4.69) is 15.6 Å². The van der Waals surface area contributed by atoms with Crippen molar-refractivity contribution in [1.29, 1.82) is 0 Å². The second-order valence-corrected chi connectivity index (χ2v) is 10.3. The smallest absolute Gasteiger partial charge is 0.195 e. The molecule has 1 fully saturated rings. The van der Waals surface area contributed by atoms with Gasteiger partial charge in [-0.25, -0.2) is 12.8 Å². The number of hydrogen-bond donors (Lipinski definition) is 2. The number of sulfone groups is 1. The van der Waals surface area contributed by atoms with Crippen LogP contribution in [0.2, 0.25) is 0 Å². The molecule has 1 aliphatic heterocycles. The van der Waals surface area contributed by atoms with Gasteiger partial charge in [-0.2, -0.15) is 0 Å². The number of aliphatic imine (C=N–C) groups is 1. The van der Waals surface area contributed by atoms with Crippen LogP contribution in [-0.4, -0.2) is 45.1 Å². The summed E-state index contributed by atoms with van der Waals surface area (Å²) in [5.41, 5.74) is 1.46.